The van der Waals surface area contributed by atoms with Gasteiger partial charge in [0.25, 0.3) is 0 Å². The molecular weight excluding hydrogens is 294 g/mol. The summed E-state index contributed by atoms with van der Waals surface area (Å²) in [6.07, 6.45) is 7.16. The zero-order valence-corrected chi connectivity index (χ0v) is 13.6. The van der Waals surface area contributed by atoms with Crippen LogP contribution < -0.4 is 5.32 Å². The molecule has 0 aliphatic rings. The maximum Gasteiger partial charge on any atom is 0.330 e. The Morgan fingerprint density at radius 2 is 2.17 bits per heavy atom. The fraction of sp³-hybridized carbons (Fsp3) is 0.353. The highest BCUT2D eigenvalue weighted by molar-refractivity contribution is 5.89. The van der Waals surface area contributed by atoms with Gasteiger partial charge in [-0.1, -0.05) is 19.9 Å². The number of rotatable bonds is 5. The van der Waals surface area contributed by atoms with Gasteiger partial charge >= 0.3 is 12.0 Å². The highest BCUT2D eigenvalue weighted by Gasteiger charge is 2.18. The van der Waals surface area contributed by atoms with Crippen molar-refractivity contribution in [2.75, 3.05) is 13.7 Å². The van der Waals surface area contributed by atoms with Gasteiger partial charge in [-0.25, -0.2) is 14.6 Å². The molecule has 2 rings (SSSR count). The third-order valence-corrected chi connectivity index (χ3v) is 3.51. The fourth-order valence-electron chi connectivity index (χ4n) is 2.14. The van der Waals surface area contributed by atoms with E-state index < -0.39 is 0 Å². The van der Waals surface area contributed by atoms with Crippen molar-refractivity contribution >= 4 is 23.0 Å². The average molecular weight is 315 g/mol. The van der Waals surface area contributed by atoms with Crippen LogP contribution in [0.15, 0.2) is 42.7 Å². The molecular formula is C17H21N3O3. The minimum Gasteiger partial charge on any atom is -0.466 e. The second-order valence-corrected chi connectivity index (χ2v) is 6.05. The fourth-order valence-corrected chi connectivity index (χ4v) is 2.14. The van der Waals surface area contributed by atoms with E-state index in [-0.39, 0.29) is 17.4 Å². The van der Waals surface area contributed by atoms with Gasteiger partial charge in [-0.15, -0.1) is 0 Å². The molecule has 23 heavy (non-hydrogen) atoms. The van der Waals surface area contributed by atoms with E-state index in [4.69, 9.17) is 0 Å². The molecule has 0 saturated heterocycles. The third-order valence-electron chi connectivity index (χ3n) is 3.51. The Labute approximate surface area is 135 Å². The maximum atomic E-state index is 12.3. The second-order valence-electron chi connectivity index (χ2n) is 6.05. The molecule has 0 bridgehead atoms. The predicted molar refractivity (Wildman–Crippen MR) is 88.1 cm³/mol. The minimum absolute atomic E-state index is 0.184. The lowest BCUT2D eigenvalue weighted by Gasteiger charge is -2.23. The molecule has 0 spiro atoms. The quantitative estimate of drug-likeness (QED) is 0.680. The van der Waals surface area contributed by atoms with Crippen LogP contribution in [-0.4, -0.2) is 35.2 Å². The molecule has 0 atom stereocenters. The summed E-state index contributed by atoms with van der Waals surface area (Å²) in [6, 6.07) is 5.38. The molecule has 2 aromatic heterocycles. The molecule has 0 aliphatic heterocycles. The SMILES string of the molecule is COC(=O)/C=C/CC(C)(C)CNC(=O)n1ccc2cccnc21. The number of methoxy groups -OCH3 is 1. The number of fused-ring (bicyclic) bond motifs is 1. The number of hydrogen-bond acceptors (Lipinski definition) is 4. The maximum absolute atomic E-state index is 12.3. The topological polar surface area (TPSA) is 73.2 Å². The van der Waals surface area contributed by atoms with Crippen molar-refractivity contribution in [3.8, 4) is 0 Å². The van der Waals surface area contributed by atoms with Crippen molar-refractivity contribution < 1.29 is 14.3 Å². The molecule has 6 nitrogen and oxygen atoms in total. The summed E-state index contributed by atoms with van der Waals surface area (Å²) in [5.74, 6) is -0.380. The summed E-state index contributed by atoms with van der Waals surface area (Å²) in [5.41, 5.74) is 0.449. The van der Waals surface area contributed by atoms with Crippen molar-refractivity contribution in [2.24, 2.45) is 5.41 Å². The standard InChI is InChI=1S/C17H21N3O3/c1-17(2,9-4-7-14(21)23-3)12-19-16(22)20-11-8-13-6-5-10-18-15(13)20/h4-8,10-11H,9,12H2,1-3H3,(H,19,22)/b7-4+. The Morgan fingerprint density at radius 1 is 1.39 bits per heavy atom. The Kier molecular flexibility index (Phi) is 5.16. The molecule has 0 unspecified atom stereocenters. The van der Waals surface area contributed by atoms with E-state index in [0.717, 1.165) is 5.39 Å². The normalized spacial score (nSPS) is 11.8. The van der Waals surface area contributed by atoms with Gasteiger partial charge in [0.1, 0.15) is 5.65 Å². The number of nitrogens with zero attached hydrogens (tertiary/aromatic N) is 2. The van der Waals surface area contributed by atoms with Gasteiger partial charge in [0.15, 0.2) is 0 Å². The van der Waals surface area contributed by atoms with Crippen molar-refractivity contribution in [3.63, 3.8) is 0 Å². The van der Waals surface area contributed by atoms with Crippen molar-refractivity contribution in [1.29, 1.82) is 0 Å². The van der Waals surface area contributed by atoms with Crippen LogP contribution >= 0.6 is 0 Å². The monoisotopic (exact) mass is 315 g/mol. The number of carbonyl (C=O) groups is 2. The van der Waals surface area contributed by atoms with Crippen molar-refractivity contribution in [1.82, 2.24) is 14.9 Å². The zero-order valence-electron chi connectivity index (χ0n) is 13.6. The first-order valence-corrected chi connectivity index (χ1v) is 7.38. The Bertz CT molecular complexity index is 732. The molecule has 1 N–H and O–H groups in total. The summed E-state index contributed by atoms with van der Waals surface area (Å²) in [6.45, 7) is 4.51. The molecule has 0 saturated carbocycles. The molecule has 122 valence electrons. The first-order valence-electron chi connectivity index (χ1n) is 7.38. The van der Waals surface area contributed by atoms with Crippen molar-refractivity contribution in [3.05, 3.63) is 42.7 Å². The van der Waals surface area contributed by atoms with Gasteiger partial charge in [0.05, 0.1) is 7.11 Å². The van der Waals surface area contributed by atoms with Crippen LogP contribution in [-0.2, 0) is 9.53 Å². The molecule has 0 fully saturated rings. The number of amides is 1. The summed E-state index contributed by atoms with van der Waals surface area (Å²) < 4.78 is 6.04. The van der Waals surface area contributed by atoms with E-state index in [9.17, 15) is 9.59 Å². The molecule has 0 aromatic carbocycles. The van der Waals surface area contributed by atoms with E-state index in [0.29, 0.717) is 18.6 Å². The van der Waals surface area contributed by atoms with E-state index in [1.165, 1.54) is 17.8 Å². The van der Waals surface area contributed by atoms with E-state index in [2.05, 4.69) is 15.0 Å². The number of hydrogen-bond donors (Lipinski definition) is 1. The van der Waals surface area contributed by atoms with Crippen LogP contribution in [0.4, 0.5) is 4.79 Å². The smallest absolute Gasteiger partial charge is 0.330 e. The predicted octanol–water partition coefficient (Wildman–Crippen LogP) is 2.74. The van der Waals surface area contributed by atoms with Gasteiger partial charge in [0.2, 0.25) is 0 Å². The number of carbonyl (C=O) groups excluding carboxylic acids is 2. The largest absolute Gasteiger partial charge is 0.466 e. The number of aromatic nitrogens is 2. The van der Waals surface area contributed by atoms with Crippen LogP contribution in [0.2, 0.25) is 0 Å². The first-order chi connectivity index (χ1) is 10.9. The first kappa shape index (κ1) is 16.7. The zero-order chi connectivity index (χ0) is 16.9. The van der Waals surface area contributed by atoms with E-state index in [1.54, 1.807) is 18.5 Å². The van der Waals surface area contributed by atoms with Crippen molar-refractivity contribution in [2.45, 2.75) is 20.3 Å². The third kappa shape index (κ3) is 4.42. The molecule has 1 amide bonds. The Balaban J connectivity index is 1.95. The van der Waals surface area contributed by atoms with Gasteiger partial charge in [-0.3, -0.25) is 4.57 Å². The summed E-state index contributed by atoms with van der Waals surface area (Å²) >= 11 is 0. The molecule has 2 aromatic rings. The van der Waals surface area contributed by atoms with Crippen LogP contribution in [0.5, 0.6) is 0 Å². The molecule has 0 radical (unpaired) electrons. The molecule has 6 heteroatoms. The van der Waals surface area contributed by atoms with Gasteiger partial charge in [-0.05, 0) is 30.0 Å². The Morgan fingerprint density at radius 3 is 2.91 bits per heavy atom. The number of esters is 1. The van der Waals surface area contributed by atoms with Crippen LogP contribution in [0.25, 0.3) is 11.0 Å². The average Bonchev–Trinajstić information content (AvgIpc) is 2.96. The van der Waals surface area contributed by atoms with E-state index >= 15 is 0 Å². The number of pyridine rings is 1. The lowest BCUT2D eigenvalue weighted by atomic mass is 9.89. The lowest BCUT2D eigenvalue weighted by Crippen LogP contribution is -2.36. The van der Waals surface area contributed by atoms with Crippen LogP contribution in [0.3, 0.4) is 0 Å². The summed E-state index contributed by atoms with van der Waals surface area (Å²) in [5, 5.41) is 3.82. The number of ether oxygens (including phenoxy) is 1. The van der Waals surface area contributed by atoms with Gasteiger partial charge < -0.3 is 10.1 Å². The molecule has 2 heterocycles. The highest BCUT2D eigenvalue weighted by Crippen LogP contribution is 2.20. The highest BCUT2D eigenvalue weighted by atomic mass is 16.5. The summed E-state index contributed by atoms with van der Waals surface area (Å²) in [7, 11) is 1.34. The van der Waals surface area contributed by atoms with E-state index in [1.807, 2.05) is 32.0 Å². The summed E-state index contributed by atoms with van der Waals surface area (Å²) in [4.78, 5) is 27.6. The molecule has 0 aliphatic carbocycles. The minimum atomic E-state index is -0.380. The Hall–Kier alpha value is -2.63. The number of nitrogens with one attached hydrogen (secondary N) is 1. The lowest BCUT2D eigenvalue weighted by molar-refractivity contribution is -0.134. The van der Waals surface area contributed by atoms with Gasteiger partial charge in [-0.2, -0.15) is 0 Å². The van der Waals surface area contributed by atoms with Gasteiger partial charge in [0, 0.05) is 30.4 Å². The van der Waals surface area contributed by atoms with Crippen LogP contribution in [0, 0.1) is 5.41 Å². The van der Waals surface area contributed by atoms with Crippen LogP contribution in [0.1, 0.15) is 20.3 Å². The second kappa shape index (κ2) is 7.09. The number of allylic oxidation sites excluding steroid dienone is 1.